The van der Waals surface area contributed by atoms with Crippen LogP contribution in [0.5, 0.6) is 5.75 Å². The van der Waals surface area contributed by atoms with Gasteiger partial charge in [0.05, 0.1) is 0 Å². The Morgan fingerprint density at radius 1 is 1.50 bits per heavy atom. The summed E-state index contributed by atoms with van der Waals surface area (Å²) in [6, 6.07) is 6.42. The third-order valence-electron chi connectivity index (χ3n) is 3.02. The Balaban J connectivity index is 2.13. The molecule has 2 N–H and O–H groups in total. The molecule has 1 heterocycles. The molecule has 2 nitrogen and oxygen atoms in total. The maximum absolute atomic E-state index is 6.19. The van der Waals surface area contributed by atoms with Crippen LogP contribution in [0, 0.1) is 6.92 Å². The highest BCUT2D eigenvalue weighted by molar-refractivity contribution is 7.98. The Hall–Kier alpha value is -0.670. The van der Waals surface area contributed by atoms with Gasteiger partial charge in [0.25, 0.3) is 0 Å². The molecule has 0 aromatic heterocycles. The Morgan fingerprint density at radius 3 is 3.06 bits per heavy atom. The van der Waals surface area contributed by atoms with Gasteiger partial charge in [-0.15, -0.1) is 0 Å². The summed E-state index contributed by atoms with van der Waals surface area (Å²) in [7, 11) is 0. The number of rotatable bonds is 3. The highest BCUT2D eigenvalue weighted by atomic mass is 32.2. The SMILES string of the molecule is CSCCC1CC(N)c2cc(C)ccc2O1. The second-order valence-electron chi connectivity index (χ2n) is 4.40. The van der Waals surface area contributed by atoms with E-state index < -0.39 is 0 Å². The summed E-state index contributed by atoms with van der Waals surface area (Å²) >= 11 is 1.86. The predicted octanol–water partition coefficient (Wildman–Crippen LogP) is 2.90. The fraction of sp³-hybridized carbons (Fsp3) is 0.538. The number of benzene rings is 1. The molecule has 0 spiro atoms. The smallest absolute Gasteiger partial charge is 0.124 e. The summed E-state index contributed by atoms with van der Waals surface area (Å²) in [6.07, 6.45) is 4.44. The highest BCUT2D eigenvalue weighted by Crippen LogP contribution is 2.35. The minimum atomic E-state index is 0.135. The van der Waals surface area contributed by atoms with Gasteiger partial charge in [0.1, 0.15) is 11.9 Å². The molecule has 0 amide bonds. The van der Waals surface area contributed by atoms with Crippen LogP contribution in [0.1, 0.15) is 30.0 Å². The van der Waals surface area contributed by atoms with E-state index >= 15 is 0 Å². The molecule has 0 aliphatic carbocycles. The fourth-order valence-corrected chi connectivity index (χ4v) is 2.63. The van der Waals surface area contributed by atoms with E-state index in [0.717, 1.165) is 24.3 Å². The molecular formula is C13H19NOS. The molecule has 2 atom stereocenters. The van der Waals surface area contributed by atoms with Crippen LogP contribution in [0.3, 0.4) is 0 Å². The second-order valence-corrected chi connectivity index (χ2v) is 5.39. The quantitative estimate of drug-likeness (QED) is 0.878. The van der Waals surface area contributed by atoms with Gasteiger partial charge in [-0.1, -0.05) is 17.7 Å². The largest absolute Gasteiger partial charge is 0.490 e. The monoisotopic (exact) mass is 237 g/mol. The molecule has 1 aromatic carbocycles. The number of nitrogens with two attached hydrogens (primary N) is 1. The van der Waals surface area contributed by atoms with E-state index in [0.29, 0.717) is 0 Å². The number of aryl methyl sites for hydroxylation is 1. The van der Waals surface area contributed by atoms with Crippen molar-refractivity contribution in [2.75, 3.05) is 12.0 Å². The number of thioether (sulfide) groups is 1. The lowest BCUT2D eigenvalue weighted by molar-refractivity contribution is 0.156. The molecule has 2 unspecified atom stereocenters. The van der Waals surface area contributed by atoms with E-state index in [2.05, 4.69) is 31.4 Å². The summed E-state index contributed by atoms with van der Waals surface area (Å²) in [5, 5.41) is 0. The maximum Gasteiger partial charge on any atom is 0.124 e. The van der Waals surface area contributed by atoms with Crippen molar-refractivity contribution in [3.05, 3.63) is 29.3 Å². The van der Waals surface area contributed by atoms with Crippen LogP contribution in [0.2, 0.25) is 0 Å². The minimum absolute atomic E-state index is 0.135. The highest BCUT2D eigenvalue weighted by Gasteiger charge is 2.25. The molecule has 0 saturated carbocycles. The molecule has 16 heavy (non-hydrogen) atoms. The number of ether oxygens (including phenoxy) is 1. The number of fused-ring (bicyclic) bond motifs is 1. The van der Waals surface area contributed by atoms with Gasteiger partial charge in [-0.3, -0.25) is 0 Å². The van der Waals surface area contributed by atoms with Crippen molar-refractivity contribution in [1.82, 2.24) is 0 Å². The van der Waals surface area contributed by atoms with Crippen LogP contribution in [-0.2, 0) is 0 Å². The molecule has 88 valence electrons. The molecule has 1 aliphatic heterocycles. The molecule has 3 heteroatoms. The van der Waals surface area contributed by atoms with Crippen LogP contribution in [0.4, 0.5) is 0 Å². The molecule has 0 bridgehead atoms. The molecule has 1 aromatic rings. The molecular weight excluding hydrogens is 218 g/mol. The van der Waals surface area contributed by atoms with Gasteiger partial charge in [0.15, 0.2) is 0 Å². The first-order valence-corrected chi connectivity index (χ1v) is 7.12. The average Bonchev–Trinajstić information content (AvgIpc) is 2.27. The summed E-state index contributed by atoms with van der Waals surface area (Å²) in [5.41, 5.74) is 8.61. The van der Waals surface area contributed by atoms with Crippen molar-refractivity contribution < 1.29 is 4.74 Å². The first-order chi connectivity index (χ1) is 7.70. The van der Waals surface area contributed by atoms with Crippen LogP contribution < -0.4 is 10.5 Å². The van der Waals surface area contributed by atoms with E-state index in [9.17, 15) is 0 Å². The van der Waals surface area contributed by atoms with E-state index in [1.54, 1.807) is 0 Å². The Labute approximate surface area is 102 Å². The van der Waals surface area contributed by atoms with Crippen LogP contribution >= 0.6 is 11.8 Å². The second kappa shape index (κ2) is 5.11. The van der Waals surface area contributed by atoms with Crippen LogP contribution in [0.25, 0.3) is 0 Å². The Bertz CT molecular complexity index is 367. The standard InChI is InChI=1S/C13H19NOS/c1-9-3-4-13-11(7-9)12(14)8-10(15-13)5-6-16-2/h3-4,7,10,12H,5-6,8,14H2,1-2H3. The zero-order valence-electron chi connectivity index (χ0n) is 9.90. The summed E-state index contributed by atoms with van der Waals surface area (Å²) in [5.74, 6) is 2.12. The Kier molecular flexibility index (Phi) is 3.77. The average molecular weight is 237 g/mol. The maximum atomic E-state index is 6.19. The zero-order chi connectivity index (χ0) is 11.5. The van der Waals surface area contributed by atoms with Crippen molar-refractivity contribution in [3.8, 4) is 5.75 Å². The summed E-state index contributed by atoms with van der Waals surface area (Å²) < 4.78 is 5.97. The molecule has 2 rings (SSSR count). The normalized spacial score (nSPS) is 23.7. The summed E-state index contributed by atoms with van der Waals surface area (Å²) in [6.45, 7) is 2.09. The van der Waals surface area contributed by atoms with Crippen molar-refractivity contribution in [2.45, 2.75) is 31.9 Å². The van der Waals surface area contributed by atoms with E-state index in [1.165, 1.54) is 11.1 Å². The lowest BCUT2D eigenvalue weighted by atomic mass is 9.95. The van der Waals surface area contributed by atoms with Crippen molar-refractivity contribution in [3.63, 3.8) is 0 Å². The van der Waals surface area contributed by atoms with Gasteiger partial charge in [-0.05, 0) is 31.4 Å². The van der Waals surface area contributed by atoms with Gasteiger partial charge >= 0.3 is 0 Å². The van der Waals surface area contributed by atoms with Crippen molar-refractivity contribution >= 4 is 11.8 Å². The topological polar surface area (TPSA) is 35.2 Å². The molecule has 0 radical (unpaired) electrons. The predicted molar refractivity (Wildman–Crippen MR) is 70.1 cm³/mol. The van der Waals surface area contributed by atoms with Crippen LogP contribution in [-0.4, -0.2) is 18.1 Å². The minimum Gasteiger partial charge on any atom is -0.490 e. The van der Waals surface area contributed by atoms with Gasteiger partial charge in [0, 0.05) is 18.0 Å². The van der Waals surface area contributed by atoms with E-state index in [1.807, 2.05) is 11.8 Å². The number of hydrogen-bond acceptors (Lipinski definition) is 3. The third kappa shape index (κ3) is 2.53. The third-order valence-corrected chi connectivity index (χ3v) is 3.66. The molecule has 0 saturated heterocycles. The molecule has 0 fully saturated rings. The van der Waals surface area contributed by atoms with Gasteiger partial charge < -0.3 is 10.5 Å². The first kappa shape index (κ1) is 11.8. The van der Waals surface area contributed by atoms with Gasteiger partial charge in [-0.2, -0.15) is 11.8 Å². The summed E-state index contributed by atoms with van der Waals surface area (Å²) in [4.78, 5) is 0. The van der Waals surface area contributed by atoms with Gasteiger partial charge in [-0.25, -0.2) is 0 Å². The van der Waals surface area contributed by atoms with E-state index in [-0.39, 0.29) is 12.1 Å². The zero-order valence-corrected chi connectivity index (χ0v) is 10.7. The number of hydrogen-bond donors (Lipinski definition) is 1. The lowest BCUT2D eigenvalue weighted by Crippen LogP contribution is -2.30. The van der Waals surface area contributed by atoms with Crippen molar-refractivity contribution in [1.29, 1.82) is 0 Å². The van der Waals surface area contributed by atoms with E-state index in [4.69, 9.17) is 10.5 Å². The van der Waals surface area contributed by atoms with Gasteiger partial charge in [0.2, 0.25) is 0 Å². The Morgan fingerprint density at radius 2 is 2.31 bits per heavy atom. The van der Waals surface area contributed by atoms with Crippen molar-refractivity contribution in [2.24, 2.45) is 5.73 Å². The first-order valence-electron chi connectivity index (χ1n) is 5.72. The fourth-order valence-electron chi connectivity index (χ4n) is 2.13. The lowest BCUT2D eigenvalue weighted by Gasteiger charge is -2.30. The van der Waals surface area contributed by atoms with Crippen LogP contribution in [0.15, 0.2) is 18.2 Å². The molecule has 1 aliphatic rings.